The van der Waals surface area contributed by atoms with Crippen LogP contribution in [0.15, 0.2) is 48.5 Å². The largest absolute Gasteiger partial charge is 0.497 e. The third-order valence-corrected chi connectivity index (χ3v) is 4.94. The molecular formula is C21H25ClFN3O3. The molecular weight excluding hydrogens is 397 g/mol. The van der Waals surface area contributed by atoms with Crippen molar-refractivity contribution < 1.29 is 18.7 Å². The molecule has 0 radical (unpaired) electrons. The number of carbonyl (C=O) groups is 2. The number of halogens is 2. The lowest BCUT2D eigenvalue weighted by Crippen LogP contribution is -2.44. The number of hydrogen-bond donors (Lipinski definition) is 2. The summed E-state index contributed by atoms with van der Waals surface area (Å²) in [6.07, 6.45) is 0. The molecule has 2 aromatic rings. The summed E-state index contributed by atoms with van der Waals surface area (Å²) in [5.41, 5.74) is 0.330. The lowest BCUT2D eigenvalue weighted by molar-refractivity contribution is -0.128. The number of anilines is 2. The zero-order valence-electron chi connectivity index (χ0n) is 16.7. The van der Waals surface area contributed by atoms with E-state index in [4.69, 9.17) is 16.3 Å². The van der Waals surface area contributed by atoms with Crippen molar-refractivity contribution in [2.45, 2.75) is 13.8 Å². The van der Waals surface area contributed by atoms with Gasteiger partial charge in [0, 0.05) is 36.4 Å². The maximum absolute atomic E-state index is 13.3. The number of nitrogens with one attached hydrogen (secondary N) is 2. The van der Waals surface area contributed by atoms with Crippen LogP contribution >= 0.6 is 11.6 Å². The fourth-order valence-corrected chi connectivity index (χ4v) is 2.56. The van der Waals surface area contributed by atoms with Gasteiger partial charge in [0.2, 0.25) is 5.91 Å². The molecule has 0 aliphatic heterocycles. The van der Waals surface area contributed by atoms with Crippen molar-refractivity contribution in [1.29, 1.82) is 0 Å². The highest BCUT2D eigenvalue weighted by Crippen LogP contribution is 2.20. The molecule has 6 nitrogen and oxygen atoms in total. The van der Waals surface area contributed by atoms with Gasteiger partial charge in [0.1, 0.15) is 11.6 Å². The maximum atomic E-state index is 13.3. The summed E-state index contributed by atoms with van der Waals surface area (Å²) in [6, 6.07) is 12.1. The van der Waals surface area contributed by atoms with E-state index in [1.807, 2.05) is 0 Å². The van der Waals surface area contributed by atoms with Gasteiger partial charge in [-0.25, -0.2) is 9.18 Å². The number of alkyl halides is 1. The first-order valence-electron chi connectivity index (χ1n) is 9.09. The van der Waals surface area contributed by atoms with E-state index in [1.165, 1.54) is 36.3 Å². The molecule has 0 aliphatic carbocycles. The Kier molecular flexibility index (Phi) is 7.84. The number of amides is 3. The Bertz CT molecular complexity index is 843. The SMILES string of the molecule is COc1cccc(NC(=O)N(CCNC(=O)C(C)(C)CCl)c2ccc(F)cc2)c1. The third kappa shape index (κ3) is 6.35. The Labute approximate surface area is 175 Å². The van der Waals surface area contributed by atoms with E-state index < -0.39 is 17.3 Å². The summed E-state index contributed by atoms with van der Waals surface area (Å²) in [5, 5.41) is 5.57. The van der Waals surface area contributed by atoms with Crippen LogP contribution in [0.25, 0.3) is 0 Å². The highest BCUT2D eigenvalue weighted by molar-refractivity contribution is 6.19. The predicted octanol–water partition coefficient (Wildman–Crippen LogP) is 4.25. The average Bonchev–Trinajstić information content (AvgIpc) is 2.71. The Balaban J connectivity index is 2.13. The molecule has 0 heterocycles. The summed E-state index contributed by atoms with van der Waals surface area (Å²) >= 11 is 5.82. The van der Waals surface area contributed by atoms with Gasteiger partial charge in [-0.2, -0.15) is 0 Å². The van der Waals surface area contributed by atoms with Crippen molar-refractivity contribution in [1.82, 2.24) is 5.32 Å². The molecule has 0 saturated carbocycles. The quantitative estimate of drug-likeness (QED) is 0.626. The van der Waals surface area contributed by atoms with Crippen LogP contribution in [0.1, 0.15) is 13.8 Å². The standard InChI is InChI=1S/C21H25ClFN3O3/c1-21(2,14-22)19(27)24-11-12-26(17-9-7-15(23)8-10-17)20(28)25-16-5-4-6-18(13-16)29-3/h4-10,13H,11-12,14H2,1-3H3,(H,24,27)(H,25,28). The number of benzene rings is 2. The molecule has 0 atom stereocenters. The molecule has 2 N–H and O–H groups in total. The number of nitrogens with zero attached hydrogens (tertiary/aromatic N) is 1. The topological polar surface area (TPSA) is 70.7 Å². The minimum Gasteiger partial charge on any atom is -0.497 e. The number of rotatable bonds is 8. The van der Waals surface area contributed by atoms with E-state index in [0.717, 1.165) is 0 Å². The molecule has 0 saturated heterocycles. The van der Waals surface area contributed by atoms with Gasteiger partial charge in [-0.3, -0.25) is 9.69 Å². The summed E-state index contributed by atoms with van der Waals surface area (Å²) in [6.45, 7) is 3.87. The number of ether oxygens (including phenoxy) is 1. The second-order valence-electron chi connectivity index (χ2n) is 7.06. The third-order valence-electron chi connectivity index (χ3n) is 4.27. The predicted molar refractivity (Wildman–Crippen MR) is 113 cm³/mol. The van der Waals surface area contributed by atoms with E-state index in [2.05, 4.69) is 10.6 Å². The van der Waals surface area contributed by atoms with Gasteiger partial charge in [0.25, 0.3) is 0 Å². The summed E-state index contributed by atoms with van der Waals surface area (Å²) in [5.74, 6) is 0.169. The Hall–Kier alpha value is -2.80. The van der Waals surface area contributed by atoms with Gasteiger partial charge in [0.05, 0.1) is 12.5 Å². The molecule has 0 unspecified atom stereocenters. The van der Waals surface area contributed by atoms with E-state index in [1.54, 1.807) is 38.1 Å². The molecule has 0 bridgehead atoms. The van der Waals surface area contributed by atoms with Crippen LogP contribution in [0.3, 0.4) is 0 Å². The second kappa shape index (κ2) is 10.1. The number of methoxy groups -OCH3 is 1. The van der Waals surface area contributed by atoms with Crippen molar-refractivity contribution in [3.05, 3.63) is 54.3 Å². The summed E-state index contributed by atoms with van der Waals surface area (Å²) < 4.78 is 18.5. The smallest absolute Gasteiger partial charge is 0.326 e. The molecule has 2 aromatic carbocycles. The molecule has 0 aliphatic rings. The van der Waals surface area contributed by atoms with Gasteiger partial charge in [-0.15, -0.1) is 11.6 Å². The zero-order chi connectivity index (χ0) is 21.4. The first kappa shape index (κ1) is 22.5. The second-order valence-corrected chi connectivity index (χ2v) is 7.33. The van der Waals surface area contributed by atoms with Crippen LogP contribution in [0.5, 0.6) is 5.75 Å². The minimum absolute atomic E-state index is 0.177. The Morgan fingerprint density at radius 3 is 2.48 bits per heavy atom. The summed E-state index contributed by atoms with van der Waals surface area (Å²) in [7, 11) is 1.54. The molecule has 156 valence electrons. The van der Waals surface area contributed by atoms with Crippen LogP contribution in [-0.4, -0.2) is 38.0 Å². The Morgan fingerprint density at radius 2 is 1.86 bits per heavy atom. The van der Waals surface area contributed by atoms with Gasteiger partial charge in [-0.1, -0.05) is 6.07 Å². The zero-order valence-corrected chi connectivity index (χ0v) is 17.4. The van der Waals surface area contributed by atoms with Gasteiger partial charge in [-0.05, 0) is 50.2 Å². The van der Waals surface area contributed by atoms with Crippen molar-refractivity contribution in [3.63, 3.8) is 0 Å². The van der Waals surface area contributed by atoms with Crippen molar-refractivity contribution in [2.75, 3.05) is 36.3 Å². The van der Waals surface area contributed by atoms with E-state index in [0.29, 0.717) is 17.1 Å². The van der Waals surface area contributed by atoms with E-state index in [9.17, 15) is 14.0 Å². The maximum Gasteiger partial charge on any atom is 0.326 e. The molecule has 0 fully saturated rings. The number of hydrogen-bond acceptors (Lipinski definition) is 3. The van der Waals surface area contributed by atoms with Crippen LogP contribution < -0.4 is 20.3 Å². The Morgan fingerprint density at radius 1 is 1.17 bits per heavy atom. The van der Waals surface area contributed by atoms with Crippen LogP contribution in [0.4, 0.5) is 20.6 Å². The lowest BCUT2D eigenvalue weighted by Gasteiger charge is -2.25. The van der Waals surface area contributed by atoms with Crippen LogP contribution in [0.2, 0.25) is 0 Å². The summed E-state index contributed by atoms with van der Waals surface area (Å²) in [4.78, 5) is 26.5. The fraction of sp³-hybridized carbons (Fsp3) is 0.333. The highest BCUT2D eigenvalue weighted by atomic mass is 35.5. The van der Waals surface area contributed by atoms with Crippen molar-refractivity contribution in [3.8, 4) is 5.75 Å². The van der Waals surface area contributed by atoms with Gasteiger partial charge >= 0.3 is 6.03 Å². The molecule has 0 spiro atoms. The molecule has 2 rings (SSSR count). The van der Waals surface area contributed by atoms with Crippen molar-refractivity contribution in [2.24, 2.45) is 5.41 Å². The van der Waals surface area contributed by atoms with E-state index in [-0.39, 0.29) is 24.9 Å². The molecule has 3 amide bonds. The highest BCUT2D eigenvalue weighted by Gasteiger charge is 2.26. The van der Waals surface area contributed by atoms with Crippen LogP contribution in [0, 0.1) is 11.2 Å². The van der Waals surface area contributed by atoms with E-state index >= 15 is 0 Å². The van der Waals surface area contributed by atoms with Crippen LogP contribution in [-0.2, 0) is 4.79 Å². The average molecular weight is 422 g/mol. The molecule has 29 heavy (non-hydrogen) atoms. The normalized spacial score (nSPS) is 10.9. The lowest BCUT2D eigenvalue weighted by atomic mass is 9.95. The minimum atomic E-state index is -0.717. The fourth-order valence-electron chi connectivity index (χ4n) is 2.44. The number of urea groups is 1. The van der Waals surface area contributed by atoms with Crippen molar-refractivity contribution >= 4 is 34.9 Å². The molecule has 8 heteroatoms. The van der Waals surface area contributed by atoms with Gasteiger partial charge in [0.15, 0.2) is 0 Å². The first-order valence-corrected chi connectivity index (χ1v) is 9.62. The first-order chi connectivity index (χ1) is 13.8. The van der Waals surface area contributed by atoms with Gasteiger partial charge < -0.3 is 15.4 Å². The molecule has 0 aromatic heterocycles. The number of carbonyl (C=O) groups excluding carboxylic acids is 2. The monoisotopic (exact) mass is 421 g/mol.